The lowest BCUT2D eigenvalue weighted by molar-refractivity contribution is -0.109. The summed E-state index contributed by atoms with van der Waals surface area (Å²) in [7, 11) is 3.19. The van der Waals surface area contributed by atoms with Crippen molar-refractivity contribution < 1.29 is 24.1 Å². The Morgan fingerprint density at radius 3 is 2.26 bits per heavy atom. The van der Waals surface area contributed by atoms with Gasteiger partial charge < -0.3 is 19.3 Å². The first-order valence-corrected chi connectivity index (χ1v) is 10.7. The van der Waals surface area contributed by atoms with Gasteiger partial charge in [-0.15, -0.1) is 0 Å². The highest BCUT2D eigenvalue weighted by Gasteiger charge is 2.55. The summed E-state index contributed by atoms with van der Waals surface area (Å²) >= 11 is 0. The van der Waals surface area contributed by atoms with Gasteiger partial charge in [-0.1, -0.05) is 35.9 Å². The van der Waals surface area contributed by atoms with Crippen LogP contribution in [0.15, 0.2) is 60.2 Å². The van der Waals surface area contributed by atoms with E-state index in [2.05, 4.69) is 6.08 Å². The maximum absolute atomic E-state index is 12.9. The minimum atomic E-state index is -1.63. The monoisotopic (exact) mass is 423 g/mol. The Kier molecular flexibility index (Phi) is 6.18. The molecule has 0 radical (unpaired) electrons. The molecule has 164 valence electrons. The Hall–Kier alpha value is -2.99. The third-order valence-electron chi connectivity index (χ3n) is 6.19. The number of carbonyl (C=O) groups is 1. The molecule has 0 saturated carbocycles. The van der Waals surface area contributed by atoms with Gasteiger partial charge in [0.1, 0.15) is 11.5 Å². The van der Waals surface area contributed by atoms with Gasteiger partial charge in [-0.25, -0.2) is 4.79 Å². The smallest absolute Gasteiger partial charge is 0.413 e. The molecule has 0 unspecified atom stereocenters. The van der Waals surface area contributed by atoms with Gasteiger partial charge in [0.25, 0.3) is 0 Å². The van der Waals surface area contributed by atoms with Gasteiger partial charge in [-0.3, -0.25) is 4.90 Å². The van der Waals surface area contributed by atoms with E-state index in [1.165, 1.54) is 23.3 Å². The van der Waals surface area contributed by atoms with Gasteiger partial charge in [0.15, 0.2) is 6.10 Å². The molecular weight excluding hydrogens is 394 g/mol. The van der Waals surface area contributed by atoms with Crippen LogP contribution in [0.2, 0.25) is 0 Å². The van der Waals surface area contributed by atoms with E-state index in [0.717, 1.165) is 19.3 Å². The molecule has 31 heavy (non-hydrogen) atoms. The zero-order chi connectivity index (χ0) is 21.8. The lowest BCUT2D eigenvalue weighted by Crippen LogP contribution is -2.46. The van der Waals surface area contributed by atoms with E-state index in [0.29, 0.717) is 29.2 Å². The molecule has 4 rings (SSSR count). The van der Waals surface area contributed by atoms with Crippen LogP contribution in [0.5, 0.6) is 11.5 Å². The first-order chi connectivity index (χ1) is 15.1. The van der Waals surface area contributed by atoms with Gasteiger partial charge in [0, 0.05) is 12.1 Å². The fraction of sp³-hybridized carbons (Fsp3) is 0.400. The number of nitrogens with zero attached hydrogens (tertiary/aromatic N) is 1. The van der Waals surface area contributed by atoms with Crippen LogP contribution in [0.1, 0.15) is 49.3 Å². The molecule has 1 aliphatic carbocycles. The van der Waals surface area contributed by atoms with Crippen LogP contribution in [-0.4, -0.2) is 36.9 Å². The first-order valence-electron chi connectivity index (χ1n) is 10.7. The number of rotatable bonds is 7. The highest BCUT2D eigenvalue weighted by atomic mass is 16.6. The van der Waals surface area contributed by atoms with E-state index in [9.17, 15) is 9.90 Å². The molecule has 0 aromatic heterocycles. The minimum Gasteiger partial charge on any atom is -0.497 e. The molecule has 2 aliphatic rings. The van der Waals surface area contributed by atoms with Crippen LogP contribution < -0.4 is 9.47 Å². The van der Waals surface area contributed by atoms with E-state index in [-0.39, 0.29) is 0 Å². The molecule has 2 atom stereocenters. The Balaban J connectivity index is 1.69. The molecule has 1 aliphatic heterocycles. The van der Waals surface area contributed by atoms with Crippen molar-refractivity contribution in [1.82, 2.24) is 4.90 Å². The van der Waals surface area contributed by atoms with Gasteiger partial charge in [-0.2, -0.15) is 0 Å². The van der Waals surface area contributed by atoms with Crippen molar-refractivity contribution in [3.8, 4) is 11.5 Å². The largest absolute Gasteiger partial charge is 0.497 e. The number of hydrogen-bond acceptors (Lipinski definition) is 5. The number of allylic oxidation sites excluding steroid dienone is 1. The summed E-state index contributed by atoms with van der Waals surface area (Å²) in [4.78, 5) is 14.4. The van der Waals surface area contributed by atoms with E-state index in [4.69, 9.17) is 14.2 Å². The maximum atomic E-state index is 12.9. The topological polar surface area (TPSA) is 68.2 Å². The van der Waals surface area contributed by atoms with E-state index in [1.54, 1.807) is 50.6 Å². The van der Waals surface area contributed by atoms with Crippen molar-refractivity contribution >= 4 is 6.09 Å². The summed E-state index contributed by atoms with van der Waals surface area (Å²) < 4.78 is 16.2. The number of aliphatic hydroxyl groups is 1. The summed E-state index contributed by atoms with van der Waals surface area (Å²) in [5.74, 6) is 1.37. The van der Waals surface area contributed by atoms with E-state index >= 15 is 0 Å². The standard InChI is InChI=1S/C25H29NO5/c1-29-21-12-8-19(9-13-21)23-25(28,20-10-14-22(30-2)15-11-20)26(24(27)31-23)17-16-18-6-4-3-5-7-18/h6,8-15,23,28H,3-5,7,16-17H2,1-2H3/t23-,25-/m1/s1. The van der Waals surface area contributed by atoms with Gasteiger partial charge in [-0.05, 0) is 61.9 Å². The van der Waals surface area contributed by atoms with Crippen LogP contribution >= 0.6 is 0 Å². The molecule has 6 nitrogen and oxygen atoms in total. The van der Waals surface area contributed by atoms with Crippen molar-refractivity contribution in [3.63, 3.8) is 0 Å². The SMILES string of the molecule is COc1ccc([C@H]2OC(=O)N(CCC3=CCCCC3)[C@@]2(O)c2ccc(OC)cc2)cc1. The zero-order valence-electron chi connectivity index (χ0n) is 18.0. The second-order valence-corrected chi connectivity index (χ2v) is 8.00. The number of amides is 1. The number of hydrogen-bond donors (Lipinski definition) is 1. The fourth-order valence-electron chi connectivity index (χ4n) is 4.40. The number of carbonyl (C=O) groups excluding carboxylic acids is 1. The molecule has 2 aromatic rings. The molecule has 1 saturated heterocycles. The summed E-state index contributed by atoms with van der Waals surface area (Å²) in [6.07, 6.45) is 6.12. The Morgan fingerprint density at radius 1 is 1.03 bits per heavy atom. The second kappa shape index (κ2) is 9.02. The number of cyclic esters (lactones) is 1. The molecule has 2 aromatic carbocycles. The summed E-state index contributed by atoms with van der Waals surface area (Å²) in [6.45, 7) is 0.389. The normalized spacial score (nSPS) is 23.3. The predicted octanol–water partition coefficient (Wildman–Crippen LogP) is 4.93. The number of methoxy groups -OCH3 is 2. The van der Waals surface area contributed by atoms with Crippen molar-refractivity contribution in [3.05, 3.63) is 71.3 Å². The van der Waals surface area contributed by atoms with Crippen LogP contribution in [0.4, 0.5) is 4.79 Å². The first kappa shape index (κ1) is 21.2. The number of ether oxygens (including phenoxy) is 3. The Morgan fingerprint density at radius 2 is 1.68 bits per heavy atom. The average molecular weight is 424 g/mol. The third kappa shape index (κ3) is 4.12. The third-order valence-corrected chi connectivity index (χ3v) is 6.19. The van der Waals surface area contributed by atoms with Gasteiger partial charge in [0.05, 0.1) is 14.2 Å². The van der Waals surface area contributed by atoms with E-state index < -0.39 is 17.9 Å². The molecule has 1 heterocycles. The summed E-state index contributed by atoms with van der Waals surface area (Å²) in [6, 6.07) is 14.4. The molecule has 1 fully saturated rings. The van der Waals surface area contributed by atoms with E-state index in [1.807, 2.05) is 12.1 Å². The second-order valence-electron chi connectivity index (χ2n) is 8.00. The predicted molar refractivity (Wildman–Crippen MR) is 117 cm³/mol. The van der Waals surface area contributed by atoms with Crippen molar-refractivity contribution in [2.24, 2.45) is 0 Å². The molecule has 0 bridgehead atoms. The zero-order valence-corrected chi connectivity index (χ0v) is 18.0. The fourth-order valence-corrected chi connectivity index (χ4v) is 4.40. The Labute approximate surface area is 183 Å². The highest BCUT2D eigenvalue weighted by molar-refractivity contribution is 5.72. The number of benzene rings is 2. The van der Waals surface area contributed by atoms with Crippen LogP contribution in [-0.2, 0) is 10.5 Å². The quantitative estimate of drug-likeness (QED) is 0.640. The molecule has 1 amide bonds. The van der Waals surface area contributed by atoms with Crippen molar-refractivity contribution in [2.75, 3.05) is 20.8 Å². The van der Waals surface area contributed by atoms with Crippen LogP contribution in [0, 0.1) is 0 Å². The van der Waals surface area contributed by atoms with Gasteiger partial charge >= 0.3 is 6.09 Å². The summed E-state index contributed by atoms with van der Waals surface area (Å²) in [5, 5.41) is 12.0. The minimum absolute atomic E-state index is 0.389. The van der Waals surface area contributed by atoms with Crippen molar-refractivity contribution in [2.45, 2.75) is 43.9 Å². The lowest BCUT2D eigenvalue weighted by atomic mass is 9.90. The van der Waals surface area contributed by atoms with Crippen LogP contribution in [0.25, 0.3) is 0 Å². The lowest BCUT2D eigenvalue weighted by Gasteiger charge is -2.35. The molecular formula is C25H29NO5. The highest BCUT2D eigenvalue weighted by Crippen LogP contribution is 2.47. The Bertz CT molecular complexity index is 937. The molecule has 6 heteroatoms. The maximum Gasteiger partial charge on any atom is 0.413 e. The summed E-state index contributed by atoms with van der Waals surface area (Å²) in [5.41, 5.74) is 0.987. The van der Waals surface area contributed by atoms with Crippen LogP contribution in [0.3, 0.4) is 0 Å². The molecule has 1 N–H and O–H groups in total. The van der Waals surface area contributed by atoms with Gasteiger partial charge in [0.2, 0.25) is 5.72 Å². The average Bonchev–Trinajstić information content (AvgIpc) is 3.09. The van der Waals surface area contributed by atoms with Crippen molar-refractivity contribution in [1.29, 1.82) is 0 Å². The molecule has 0 spiro atoms.